The van der Waals surface area contributed by atoms with Crippen molar-refractivity contribution in [3.8, 4) is 0 Å². The van der Waals surface area contributed by atoms with E-state index in [-0.39, 0.29) is 12.9 Å². The minimum absolute atomic E-state index is 0.229. The Balaban J connectivity index is 2.47. The summed E-state index contributed by atoms with van der Waals surface area (Å²) in [5, 5.41) is 10.3. The van der Waals surface area contributed by atoms with Crippen LogP contribution < -0.4 is 0 Å². The molecule has 0 spiro atoms. The minimum atomic E-state index is -0.397. The minimum Gasteiger partial charge on any atom is -0.390 e. The zero-order valence-electron chi connectivity index (χ0n) is 10.4. The maximum atomic E-state index is 10.3. The fourth-order valence-electron chi connectivity index (χ4n) is 2.35. The van der Waals surface area contributed by atoms with Gasteiger partial charge in [0, 0.05) is 7.11 Å². The molecule has 0 aliphatic heterocycles. The molecule has 1 aliphatic carbocycles. The molecule has 3 nitrogen and oxygen atoms in total. The van der Waals surface area contributed by atoms with Crippen LogP contribution in [0.1, 0.15) is 39.0 Å². The number of hydrogen-bond donors (Lipinski definition) is 1. The number of ether oxygens (including phenoxy) is 2. The topological polar surface area (TPSA) is 38.7 Å². The van der Waals surface area contributed by atoms with Gasteiger partial charge in [-0.25, -0.2) is 0 Å². The van der Waals surface area contributed by atoms with E-state index in [1.165, 1.54) is 19.3 Å². The summed E-state index contributed by atoms with van der Waals surface area (Å²) in [4.78, 5) is 0. The first-order chi connectivity index (χ1) is 7.79. The summed E-state index contributed by atoms with van der Waals surface area (Å²) < 4.78 is 10.4. The lowest BCUT2D eigenvalue weighted by Gasteiger charge is -2.30. The number of allylic oxidation sites excluding steroid dienone is 1. The Labute approximate surface area is 98.4 Å². The first-order valence-electron chi connectivity index (χ1n) is 6.21. The Morgan fingerprint density at radius 2 is 2.00 bits per heavy atom. The van der Waals surface area contributed by atoms with E-state index in [1.807, 2.05) is 19.1 Å². The molecule has 1 rings (SSSR count). The van der Waals surface area contributed by atoms with Gasteiger partial charge in [0.2, 0.25) is 0 Å². The molecule has 0 aromatic heterocycles. The van der Waals surface area contributed by atoms with Crippen molar-refractivity contribution in [2.45, 2.75) is 51.2 Å². The molecule has 0 unspecified atom stereocenters. The second-order valence-corrected chi connectivity index (χ2v) is 4.45. The second-order valence-electron chi connectivity index (χ2n) is 4.45. The SMILES string of the molecule is C/C=C/[C@H](OCOC)[C@@H](O)C1CCCCC1. The van der Waals surface area contributed by atoms with Crippen molar-refractivity contribution in [2.75, 3.05) is 13.9 Å². The third-order valence-electron chi connectivity index (χ3n) is 3.23. The molecule has 16 heavy (non-hydrogen) atoms. The smallest absolute Gasteiger partial charge is 0.147 e. The van der Waals surface area contributed by atoms with Gasteiger partial charge in [0.25, 0.3) is 0 Å². The molecule has 1 aliphatic rings. The summed E-state index contributed by atoms with van der Waals surface area (Å²) in [7, 11) is 1.60. The lowest BCUT2D eigenvalue weighted by atomic mass is 9.83. The van der Waals surface area contributed by atoms with Crippen molar-refractivity contribution in [2.24, 2.45) is 5.92 Å². The molecular weight excluding hydrogens is 204 g/mol. The Bertz CT molecular complexity index is 197. The summed E-state index contributed by atoms with van der Waals surface area (Å²) in [5.74, 6) is 0.381. The van der Waals surface area contributed by atoms with Crippen LogP contribution in [-0.2, 0) is 9.47 Å². The summed E-state index contributed by atoms with van der Waals surface area (Å²) in [6.45, 7) is 2.18. The highest BCUT2D eigenvalue weighted by atomic mass is 16.7. The molecule has 3 heteroatoms. The normalized spacial score (nSPS) is 22.4. The average Bonchev–Trinajstić information content (AvgIpc) is 2.35. The molecule has 0 amide bonds. The van der Waals surface area contributed by atoms with E-state index in [1.54, 1.807) is 7.11 Å². The van der Waals surface area contributed by atoms with Crippen LogP contribution in [-0.4, -0.2) is 31.2 Å². The number of aliphatic hydroxyl groups excluding tert-OH is 1. The van der Waals surface area contributed by atoms with Gasteiger partial charge >= 0.3 is 0 Å². The quantitative estimate of drug-likeness (QED) is 0.561. The molecule has 1 fully saturated rings. The van der Waals surface area contributed by atoms with E-state index in [0.29, 0.717) is 5.92 Å². The van der Waals surface area contributed by atoms with E-state index in [4.69, 9.17) is 9.47 Å². The van der Waals surface area contributed by atoms with Gasteiger partial charge in [-0.2, -0.15) is 0 Å². The molecule has 0 aromatic carbocycles. The summed E-state index contributed by atoms with van der Waals surface area (Å²) in [5.41, 5.74) is 0. The van der Waals surface area contributed by atoms with Crippen molar-refractivity contribution in [3.05, 3.63) is 12.2 Å². The fraction of sp³-hybridized carbons (Fsp3) is 0.846. The lowest BCUT2D eigenvalue weighted by Crippen LogP contribution is -2.35. The van der Waals surface area contributed by atoms with Crippen LogP contribution in [0, 0.1) is 5.92 Å². The van der Waals surface area contributed by atoms with E-state index in [9.17, 15) is 5.11 Å². The molecule has 0 radical (unpaired) electrons. The monoisotopic (exact) mass is 228 g/mol. The van der Waals surface area contributed by atoms with Gasteiger partial charge in [0.1, 0.15) is 12.9 Å². The van der Waals surface area contributed by atoms with Gasteiger partial charge in [-0.3, -0.25) is 0 Å². The van der Waals surface area contributed by atoms with Crippen molar-refractivity contribution in [1.82, 2.24) is 0 Å². The predicted octanol–water partition coefficient (Wildman–Crippen LogP) is 2.49. The molecular formula is C13H24O3. The van der Waals surface area contributed by atoms with Crippen LogP contribution in [0.2, 0.25) is 0 Å². The average molecular weight is 228 g/mol. The van der Waals surface area contributed by atoms with E-state index >= 15 is 0 Å². The third-order valence-corrected chi connectivity index (χ3v) is 3.23. The summed E-state index contributed by atoms with van der Waals surface area (Å²) in [6.07, 6.45) is 9.21. The molecule has 2 atom stereocenters. The zero-order chi connectivity index (χ0) is 11.8. The lowest BCUT2D eigenvalue weighted by molar-refractivity contribution is -0.108. The van der Waals surface area contributed by atoms with Crippen molar-refractivity contribution < 1.29 is 14.6 Å². The van der Waals surface area contributed by atoms with Crippen LogP contribution in [0.4, 0.5) is 0 Å². The predicted molar refractivity (Wildman–Crippen MR) is 64.1 cm³/mol. The first kappa shape index (κ1) is 13.7. The number of methoxy groups -OCH3 is 1. The van der Waals surface area contributed by atoms with Crippen LogP contribution >= 0.6 is 0 Å². The Kier molecular flexibility index (Phi) is 6.69. The maximum Gasteiger partial charge on any atom is 0.147 e. The van der Waals surface area contributed by atoms with Crippen molar-refractivity contribution in [1.29, 1.82) is 0 Å². The van der Waals surface area contributed by atoms with Crippen molar-refractivity contribution in [3.63, 3.8) is 0 Å². The van der Waals surface area contributed by atoms with Gasteiger partial charge in [-0.15, -0.1) is 0 Å². The molecule has 1 saturated carbocycles. The number of rotatable bonds is 6. The highest BCUT2D eigenvalue weighted by molar-refractivity contribution is 4.94. The Hall–Kier alpha value is -0.380. The highest BCUT2D eigenvalue weighted by Gasteiger charge is 2.27. The number of hydrogen-bond acceptors (Lipinski definition) is 3. The van der Waals surface area contributed by atoms with Crippen LogP contribution in [0.25, 0.3) is 0 Å². The molecule has 1 N–H and O–H groups in total. The summed E-state index contributed by atoms with van der Waals surface area (Å²) in [6, 6.07) is 0. The van der Waals surface area contributed by atoms with Crippen LogP contribution in [0.15, 0.2) is 12.2 Å². The first-order valence-corrected chi connectivity index (χ1v) is 6.21. The van der Waals surface area contributed by atoms with Crippen LogP contribution in [0.5, 0.6) is 0 Å². The van der Waals surface area contributed by atoms with Gasteiger partial charge in [-0.05, 0) is 25.7 Å². The third kappa shape index (κ3) is 4.24. The Morgan fingerprint density at radius 1 is 1.31 bits per heavy atom. The van der Waals surface area contributed by atoms with E-state index in [0.717, 1.165) is 12.8 Å². The molecule has 0 saturated heterocycles. The standard InChI is InChI=1S/C13H24O3/c1-3-7-12(16-10-15-2)13(14)11-8-5-4-6-9-11/h3,7,11-14H,4-6,8-10H2,1-2H3/b7-3+/t12-,13-/m0/s1. The van der Waals surface area contributed by atoms with Gasteiger partial charge in [0.15, 0.2) is 0 Å². The van der Waals surface area contributed by atoms with Gasteiger partial charge in [0.05, 0.1) is 6.10 Å². The van der Waals surface area contributed by atoms with Gasteiger partial charge < -0.3 is 14.6 Å². The van der Waals surface area contributed by atoms with Crippen molar-refractivity contribution >= 4 is 0 Å². The molecule has 94 valence electrons. The Morgan fingerprint density at radius 3 is 2.56 bits per heavy atom. The highest BCUT2D eigenvalue weighted by Crippen LogP contribution is 2.28. The second kappa shape index (κ2) is 7.82. The molecule has 0 aromatic rings. The van der Waals surface area contributed by atoms with E-state index in [2.05, 4.69) is 0 Å². The maximum absolute atomic E-state index is 10.3. The molecule has 0 bridgehead atoms. The number of aliphatic hydroxyl groups is 1. The fourth-order valence-corrected chi connectivity index (χ4v) is 2.35. The van der Waals surface area contributed by atoms with Crippen LogP contribution in [0.3, 0.4) is 0 Å². The molecule has 0 heterocycles. The van der Waals surface area contributed by atoms with Gasteiger partial charge in [-0.1, -0.05) is 31.4 Å². The largest absolute Gasteiger partial charge is 0.390 e. The summed E-state index contributed by atoms with van der Waals surface area (Å²) >= 11 is 0. The zero-order valence-corrected chi connectivity index (χ0v) is 10.4. The van der Waals surface area contributed by atoms with E-state index < -0.39 is 6.10 Å².